The Labute approximate surface area is 157 Å². The van der Waals surface area contributed by atoms with Crippen LogP contribution in [-0.2, 0) is 6.61 Å². The molecule has 0 atom stereocenters. The maximum atomic E-state index is 12.9. The third kappa shape index (κ3) is 3.29. The van der Waals surface area contributed by atoms with Crippen LogP contribution in [0.1, 0.15) is 15.2 Å². The minimum Gasteiger partial charge on any atom is -0.487 e. The molecule has 2 N–H and O–H groups in total. The number of benzene rings is 2. The molecule has 0 spiro atoms. The van der Waals surface area contributed by atoms with Gasteiger partial charge < -0.3 is 10.1 Å². The number of para-hydroxylation sites is 1. The maximum Gasteiger partial charge on any atom is 0.257 e. The molecule has 130 valence electrons. The van der Waals surface area contributed by atoms with Gasteiger partial charge in [0.15, 0.2) is 10.2 Å². The van der Waals surface area contributed by atoms with Crippen molar-refractivity contribution in [2.24, 2.45) is 0 Å². The van der Waals surface area contributed by atoms with Gasteiger partial charge in [-0.2, -0.15) is 0 Å². The van der Waals surface area contributed by atoms with Crippen LogP contribution < -0.4 is 15.4 Å². The SMILES string of the molecule is O=C(NC(=S)Nc1nc2c(s1)COc1ccccc1-2)c1ccc(F)cc1. The second-order valence-electron chi connectivity index (χ2n) is 5.49. The fourth-order valence-electron chi connectivity index (χ4n) is 2.55. The number of carbonyl (C=O) groups excluding carboxylic acids is 1. The first-order chi connectivity index (χ1) is 12.6. The average Bonchev–Trinajstić information content (AvgIpc) is 3.05. The third-order valence-electron chi connectivity index (χ3n) is 3.75. The van der Waals surface area contributed by atoms with E-state index >= 15 is 0 Å². The highest BCUT2D eigenvalue weighted by molar-refractivity contribution is 7.80. The number of nitrogens with zero attached hydrogens (tertiary/aromatic N) is 1. The zero-order valence-corrected chi connectivity index (χ0v) is 14.9. The molecule has 2 heterocycles. The standard InChI is InChI=1S/C18H12FN3O2S2/c19-11-7-5-10(6-8-11)16(23)21-17(25)22-18-20-15-12-3-1-2-4-13(12)24-9-14(15)26-18/h1-8H,9H2,(H2,20,21,22,23,25). The zero-order chi connectivity index (χ0) is 18.1. The molecule has 0 saturated carbocycles. The van der Waals surface area contributed by atoms with Crippen molar-refractivity contribution in [1.82, 2.24) is 10.3 Å². The molecule has 1 aromatic heterocycles. The van der Waals surface area contributed by atoms with E-state index in [-0.39, 0.29) is 5.11 Å². The minimum atomic E-state index is -0.419. The summed E-state index contributed by atoms with van der Waals surface area (Å²) in [7, 11) is 0. The van der Waals surface area contributed by atoms with Crippen molar-refractivity contribution in [3.63, 3.8) is 0 Å². The molecule has 0 fully saturated rings. The molecule has 3 aromatic rings. The van der Waals surface area contributed by atoms with E-state index < -0.39 is 11.7 Å². The molecular weight excluding hydrogens is 373 g/mol. The molecule has 1 aliphatic rings. The lowest BCUT2D eigenvalue weighted by atomic mass is 10.1. The van der Waals surface area contributed by atoms with E-state index in [0.717, 1.165) is 21.9 Å². The molecule has 1 amide bonds. The lowest BCUT2D eigenvalue weighted by Crippen LogP contribution is -2.34. The van der Waals surface area contributed by atoms with Gasteiger partial charge in [0.1, 0.15) is 18.2 Å². The van der Waals surface area contributed by atoms with E-state index in [1.165, 1.54) is 35.6 Å². The molecule has 4 rings (SSSR count). The molecule has 0 unspecified atom stereocenters. The summed E-state index contributed by atoms with van der Waals surface area (Å²) in [6, 6.07) is 12.9. The first-order valence-corrected chi connectivity index (χ1v) is 8.92. The summed E-state index contributed by atoms with van der Waals surface area (Å²) in [5.41, 5.74) is 2.10. The molecule has 0 aliphatic carbocycles. The summed E-state index contributed by atoms with van der Waals surface area (Å²) < 4.78 is 18.6. The number of aromatic nitrogens is 1. The number of amides is 1. The van der Waals surface area contributed by atoms with Gasteiger partial charge in [-0.25, -0.2) is 9.37 Å². The molecule has 0 radical (unpaired) electrons. The number of anilines is 1. The predicted octanol–water partition coefficient (Wildman–Crippen LogP) is 3.97. The van der Waals surface area contributed by atoms with Gasteiger partial charge in [0.2, 0.25) is 0 Å². The van der Waals surface area contributed by atoms with Crippen LogP contribution >= 0.6 is 23.6 Å². The van der Waals surface area contributed by atoms with Gasteiger partial charge in [0.25, 0.3) is 5.91 Å². The van der Waals surface area contributed by atoms with E-state index in [0.29, 0.717) is 17.3 Å². The van der Waals surface area contributed by atoms with Crippen LogP contribution in [0.4, 0.5) is 9.52 Å². The van der Waals surface area contributed by atoms with Gasteiger partial charge in [-0.05, 0) is 48.6 Å². The summed E-state index contributed by atoms with van der Waals surface area (Å²) in [5, 5.41) is 6.17. The molecule has 1 aliphatic heterocycles. The Bertz CT molecular complexity index is 1000. The highest BCUT2D eigenvalue weighted by Crippen LogP contribution is 2.40. The third-order valence-corrected chi connectivity index (χ3v) is 4.90. The van der Waals surface area contributed by atoms with Gasteiger partial charge in [0.05, 0.1) is 10.6 Å². The Morgan fingerprint density at radius 3 is 2.77 bits per heavy atom. The first-order valence-electron chi connectivity index (χ1n) is 7.70. The second-order valence-corrected chi connectivity index (χ2v) is 6.98. The highest BCUT2D eigenvalue weighted by Gasteiger charge is 2.22. The Kier molecular flexibility index (Phi) is 4.36. The molecule has 0 saturated heterocycles. The Morgan fingerprint density at radius 2 is 1.96 bits per heavy atom. The van der Waals surface area contributed by atoms with Crippen molar-refractivity contribution in [1.29, 1.82) is 0 Å². The monoisotopic (exact) mass is 385 g/mol. The van der Waals surface area contributed by atoms with Crippen LogP contribution in [0.3, 0.4) is 0 Å². The molecule has 2 aromatic carbocycles. The van der Waals surface area contributed by atoms with Crippen LogP contribution in [0.25, 0.3) is 11.3 Å². The fraction of sp³-hybridized carbons (Fsp3) is 0.0556. The van der Waals surface area contributed by atoms with E-state index in [9.17, 15) is 9.18 Å². The molecule has 26 heavy (non-hydrogen) atoms. The van der Waals surface area contributed by atoms with Crippen molar-refractivity contribution >= 4 is 39.7 Å². The summed E-state index contributed by atoms with van der Waals surface area (Å²) >= 11 is 6.59. The maximum absolute atomic E-state index is 12.9. The van der Waals surface area contributed by atoms with Gasteiger partial charge in [-0.1, -0.05) is 23.5 Å². The number of halogens is 1. The predicted molar refractivity (Wildman–Crippen MR) is 102 cm³/mol. The van der Waals surface area contributed by atoms with Gasteiger partial charge >= 0.3 is 0 Å². The minimum absolute atomic E-state index is 0.125. The Hall–Kier alpha value is -2.84. The molecule has 8 heteroatoms. The summed E-state index contributed by atoms with van der Waals surface area (Å²) in [6.07, 6.45) is 0. The first kappa shape index (κ1) is 16.6. The van der Waals surface area contributed by atoms with E-state index in [2.05, 4.69) is 15.6 Å². The Morgan fingerprint density at radius 1 is 1.19 bits per heavy atom. The van der Waals surface area contributed by atoms with E-state index in [1.54, 1.807) is 0 Å². The van der Waals surface area contributed by atoms with Crippen LogP contribution in [-0.4, -0.2) is 16.0 Å². The number of thiocarbonyl (C=S) groups is 1. The summed E-state index contributed by atoms with van der Waals surface area (Å²) in [6.45, 7) is 0.445. The van der Waals surface area contributed by atoms with Gasteiger partial charge in [-0.15, -0.1) is 0 Å². The van der Waals surface area contributed by atoms with Gasteiger partial charge in [-0.3, -0.25) is 10.1 Å². The number of carbonyl (C=O) groups is 1. The van der Waals surface area contributed by atoms with Crippen molar-refractivity contribution in [2.75, 3.05) is 5.32 Å². The number of rotatable bonds is 2. The lowest BCUT2D eigenvalue weighted by Gasteiger charge is -2.15. The van der Waals surface area contributed by atoms with E-state index in [1.807, 2.05) is 24.3 Å². The fourth-order valence-corrected chi connectivity index (χ4v) is 3.70. The summed E-state index contributed by atoms with van der Waals surface area (Å²) in [4.78, 5) is 17.7. The van der Waals surface area contributed by atoms with Crippen LogP contribution in [0, 0.1) is 5.82 Å². The van der Waals surface area contributed by atoms with Crippen molar-refractivity contribution in [3.8, 4) is 17.0 Å². The van der Waals surface area contributed by atoms with Crippen molar-refractivity contribution in [2.45, 2.75) is 6.61 Å². The topological polar surface area (TPSA) is 63.2 Å². The highest BCUT2D eigenvalue weighted by atomic mass is 32.1. The number of hydrogen-bond donors (Lipinski definition) is 2. The number of hydrogen-bond acceptors (Lipinski definition) is 5. The molecular formula is C18H12FN3O2S2. The van der Waals surface area contributed by atoms with Crippen LogP contribution in [0.2, 0.25) is 0 Å². The quantitative estimate of drug-likeness (QED) is 0.654. The number of nitrogens with one attached hydrogen (secondary N) is 2. The summed E-state index contributed by atoms with van der Waals surface area (Å²) in [5.74, 6) is -0.0281. The average molecular weight is 385 g/mol. The van der Waals surface area contributed by atoms with Crippen LogP contribution in [0.5, 0.6) is 5.75 Å². The van der Waals surface area contributed by atoms with Crippen LogP contribution in [0.15, 0.2) is 48.5 Å². The largest absolute Gasteiger partial charge is 0.487 e. The van der Waals surface area contributed by atoms with Crippen molar-refractivity contribution in [3.05, 3.63) is 64.8 Å². The zero-order valence-electron chi connectivity index (χ0n) is 13.3. The lowest BCUT2D eigenvalue weighted by molar-refractivity contribution is 0.0977. The number of fused-ring (bicyclic) bond motifs is 3. The van der Waals surface area contributed by atoms with E-state index in [4.69, 9.17) is 17.0 Å². The number of ether oxygens (including phenoxy) is 1. The normalized spacial score (nSPS) is 11.7. The molecule has 0 bridgehead atoms. The number of thiazole rings is 1. The van der Waals surface area contributed by atoms with Gasteiger partial charge in [0, 0.05) is 11.1 Å². The van der Waals surface area contributed by atoms with Crippen molar-refractivity contribution < 1.29 is 13.9 Å². The smallest absolute Gasteiger partial charge is 0.257 e. The Balaban J connectivity index is 1.47. The second kappa shape index (κ2) is 6.81. The molecule has 5 nitrogen and oxygen atoms in total.